The Bertz CT molecular complexity index is 1540. The summed E-state index contributed by atoms with van der Waals surface area (Å²) >= 11 is 0. The minimum atomic E-state index is -3.94. The molecular formula is C28H31ClN4O3S. The minimum Gasteiger partial charge on any atom is -0.383 e. The van der Waals surface area contributed by atoms with Crippen LogP contribution in [0.3, 0.4) is 0 Å². The number of carbonyl (C=O) groups is 1. The number of halogens is 1. The summed E-state index contributed by atoms with van der Waals surface area (Å²) in [6.45, 7) is 3.44. The second-order valence-electron chi connectivity index (χ2n) is 9.65. The van der Waals surface area contributed by atoms with Gasteiger partial charge in [-0.2, -0.15) is 4.72 Å². The first-order chi connectivity index (χ1) is 17.3. The predicted molar refractivity (Wildman–Crippen MR) is 150 cm³/mol. The summed E-state index contributed by atoms with van der Waals surface area (Å²) in [4.78, 5) is 19.7. The van der Waals surface area contributed by atoms with Gasteiger partial charge < -0.3 is 10.6 Å². The number of nitrogen functional groups attached to an aromatic ring is 1. The third-order valence-corrected chi connectivity index (χ3v) is 8.49. The van der Waals surface area contributed by atoms with Crippen LogP contribution in [0.5, 0.6) is 0 Å². The Morgan fingerprint density at radius 2 is 1.76 bits per heavy atom. The zero-order chi connectivity index (χ0) is 25.3. The molecule has 1 saturated heterocycles. The Balaban J connectivity index is 0.00000320. The lowest BCUT2D eigenvalue weighted by Crippen LogP contribution is -2.51. The van der Waals surface area contributed by atoms with Crippen molar-refractivity contribution >= 4 is 55.7 Å². The van der Waals surface area contributed by atoms with Crippen LogP contribution in [0.25, 0.3) is 21.5 Å². The predicted octanol–water partition coefficient (Wildman–Crippen LogP) is 4.54. The third-order valence-electron chi connectivity index (χ3n) is 7.02. The van der Waals surface area contributed by atoms with E-state index in [0.717, 1.165) is 39.9 Å². The zero-order valence-corrected chi connectivity index (χ0v) is 22.3. The number of likely N-dealkylation sites (tertiary alicyclic amines) is 1. The van der Waals surface area contributed by atoms with Crippen molar-refractivity contribution in [2.24, 2.45) is 5.92 Å². The molecule has 0 aliphatic carbocycles. The molecule has 7 nitrogen and oxygen atoms in total. The average molecular weight is 539 g/mol. The van der Waals surface area contributed by atoms with E-state index in [1.807, 2.05) is 48.5 Å². The molecule has 1 aliphatic heterocycles. The van der Waals surface area contributed by atoms with Crippen molar-refractivity contribution < 1.29 is 13.2 Å². The Hall–Kier alpha value is -3.20. The fraction of sp³-hybridized carbons (Fsp3) is 0.286. The van der Waals surface area contributed by atoms with Gasteiger partial charge in [0.05, 0.1) is 4.90 Å². The highest BCUT2D eigenvalue weighted by atomic mass is 35.5. The first-order valence-electron chi connectivity index (χ1n) is 12.2. The largest absolute Gasteiger partial charge is 0.383 e. The summed E-state index contributed by atoms with van der Waals surface area (Å²) in [5, 5.41) is 3.51. The number of anilines is 1. The zero-order valence-electron chi connectivity index (χ0n) is 20.6. The van der Waals surface area contributed by atoms with Gasteiger partial charge in [0.2, 0.25) is 15.9 Å². The van der Waals surface area contributed by atoms with E-state index in [-0.39, 0.29) is 29.6 Å². The smallest absolute Gasteiger partial charge is 0.241 e. The maximum absolute atomic E-state index is 13.6. The third kappa shape index (κ3) is 5.87. The molecule has 1 aliphatic rings. The molecule has 3 N–H and O–H groups in total. The van der Waals surface area contributed by atoms with Crippen LogP contribution in [0.2, 0.25) is 0 Å². The molecule has 5 rings (SSSR count). The van der Waals surface area contributed by atoms with Crippen LogP contribution >= 0.6 is 12.4 Å². The summed E-state index contributed by atoms with van der Waals surface area (Å²) < 4.78 is 29.7. The van der Waals surface area contributed by atoms with E-state index in [2.05, 4.69) is 16.6 Å². The van der Waals surface area contributed by atoms with Crippen molar-refractivity contribution in [3.63, 3.8) is 0 Å². The van der Waals surface area contributed by atoms with Gasteiger partial charge in [-0.05, 0) is 65.1 Å². The van der Waals surface area contributed by atoms with E-state index in [1.54, 1.807) is 29.3 Å². The molecule has 1 atom stereocenters. The number of carbonyl (C=O) groups excluding carboxylic acids is 1. The van der Waals surface area contributed by atoms with Crippen LogP contribution in [0.1, 0.15) is 25.3 Å². The van der Waals surface area contributed by atoms with Gasteiger partial charge in [0, 0.05) is 24.7 Å². The van der Waals surface area contributed by atoms with Crippen molar-refractivity contribution in [2.75, 3.05) is 18.8 Å². The van der Waals surface area contributed by atoms with Gasteiger partial charge in [-0.3, -0.25) is 4.79 Å². The molecule has 0 spiro atoms. The van der Waals surface area contributed by atoms with Crippen LogP contribution in [0.4, 0.5) is 5.82 Å². The molecule has 1 fully saturated rings. The van der Waals surface area contributed by atoms with Gasteiger partial charge in [-0.25, -0.2) is 13.4 Å². The highest BCUT2D eigenvalue weighted by Crippen LogP contribution is 2.24. The molecule has 1 unspecified atom stereocenters. The molecule has 4 aromatic rings. The van der Waals surface area contributed by atoms with Gasteiger partial charge in [-0.15, -0.1) is 12.4 Å². The Morgan fingerprint density at radius 3 is 2.51 bits per heavy atom. The maximum Gasteiger partial charge on any atom is 0.241 e. The number of nitrogens with zero attached hydrogens (tertiary/aromatic N) is 2. The lowest BCUT2D eigenvalue weighted by Gasteiger charge is -2.33. The number of nitrogens with one attached hydrogen (secondary N) is 1. The van der Waals surface area contributed by atoms with Crippen molar-refractivity contribution in [3.05, 3.63) is 78.5 Å². The number of fused-ring (bicyclic) bond motifs is 2. The Labute approximate surface area is 223 Å². The first kappa shape index (κ1) is 26.9. The lowest BCUT2D eigenvalue weighted by atomic mass is 9.97. The molecule has 1 amide bonds. The molecule has 37 heavy (non-hydrogen) atoms. The quantitative estimate of drug-likeness (QED) is 0.375. The molecule has 0 saturated carbocycles. The number of pyridine rings is 1. The van der Waals surface area contributed by atoms with Crippen molar-refractivity contribution in [1.82, 2.24) is 14.6 Å². The lowest BCUT2D eigenvalue weighted by molar-refractivity contribution is -0.134. The Morgan fingerprint density at radius 1 is 1.03 bits per heavy atom. The second-order valence-corrected chi connectivity index (χ2v) is 11.4. The van der Waals surface area contributed by atoms with Crippen molar-refractivity contribution in [2.45, 2.75) is 37.1 Å². The summed E-state index contributed by atoms with van der Waals surface area (Å²) in [7, 11) is -3.94. The average Bonchev–Trinajstić information content (AvgIpc) is 2.88. The van der Waals surface area contributed by atoms with Crippen molar-refractivity contribution in [3.8, 4) is 0 Å². The topological polar surface area (TPSA) is 105 Å². The number of amides is 1. The second kappa shape index (κ2) is 11.0. The van der Waals surface area contributed by atoms with E-state index in [0.29, 0.717) is 24.8 Å². The monoisotopic (exact) mass is 538 g/mol. The van der Waals surface area contributed by atoms with E-state index >= 15 is 0 Å². The number of hydrogen-bond donors (Lipinski definition) is 2. The van der Waals surface area contributed by atoms with Gasteiger partial charge in [0.15, 0.2) is 0 Å². The van der Waals surface area contributed by atoms with E-state index in [9.17, 15) is 13.2 Å². The molecule has 0 bridgehead atoms. The number of nitrogens with two attached hydrogens (primary N) is 1. The van der Waals surface area contributed by atoms with E-state index in [4.69, 9.17) is 5.73 Å². The fourth-order valence-electron chi connectivity index (χ4n) is 4.83. The number of piperidine rings is 1. The van der Waals surface area contributed by atoms with Crippen LogP contribution in [-0.4, -0.2) is 43.3 Å². The molecule has 1 aromatic heterocycles. The number of hydrogen-bond acceptors (Lipinski definition) is 5. The van der Waals surface area contributed by atoms with Gasteiger partial charge in [0.1, 0.15) is 11.9 Å². The number of aromatic nitrogens is 1. The number of benzene rings is 3. The number of rotatable bonds is 6. The minimum absolute atomic E-state index is 0. The van der Waals surface area contributed by atoms with Crippen LogP contribution in [0.15, 0.2) is 77.8 Å². The van der Waals surface area contributed by atoms with Crippen LogP contribution < -0.4 is 10.5 Å². The van der Waals surface area contributed by atoms with Gasteiger partial charge >= 0.3 is 0 Å². The normalized spacial score (nSPS) is 15.4. The summed E-state index contributed by atoms with van der Waals surface area (Å²) in [6, 6.07) is 19.2. The molecule has 194 valence electrons. The Kier molecular flexibility index (Phi) is 8.02. The maximum atomic E-state index is 13.6. The highest BCUT2D eigenvalue weighted by molar-refractivity contribution is 7.89. The SMILES string of the molecule is CC1CCN(C(=O)C(Cc2ccc3c(N)nccc3c2)NS(=O)(=O)c2ccc3ccccc3c2)CC1.Cl. The van der Waals surface area contributed by atoms with Crippen molar-refractivity contribution in [1.29, 1.82) is 0 Å². The van der Waals surface area contributed by atoms with E-state index < -0.39 is 16.1 Å². The fourth-order valence-corrected chi connectivity index (χ4v) is 6.06. The number of sulfonamides is 1. The highest BCUT2D eigenvalue weighted by Gasteiger charge is 2.31. The first-order valence-corrected chi connectivity index (χ1v) is 13.7. The molecule has 2 heterocycles. The molecule has 9 heteroatoms. The molecule has 3 aromatic carbocycles. The summed E-state index contributed by atoms with van der Waals surface area (Å²) in [6.07, 6.45) is 3.70. The van der Waals surface area contributed by atoms with Gasteiger partial charge in [0.25, 0.3) is 0 Å². The van der Waals surface area contributed by atoms with Crippen LogP contribution in [0, 0.1) is 5.92 Å². The summed E-state index contributed by atoms with van der Waals surface area (Å²) in [5.41, 5.74) is 6.83. The van der Waals surface area contributed by atoms with Crippen LogP contribution in [-0.2, 0) is 21.2 Å². The summed E-state index contributed by atoms with van der Waals surface area (Å²) in [5.74, 6) is 0.799. The van der Waals surface area contributed by atoms with E-state index in [1.165, 1.54) is 0 Å². The molecular weight excluding hydrogens is 508 g/mol. The standard InChI is InChI=1S/C28H30N4O3S.ClH/c1-19-11-14-32(15-12-19)28(33)26(17-20-6-9-25-23(16-20)10-13-30-27(25)29)31-36(34,35)24-8-7-21-4-2-3-5-22(21)18-24;/h2-10,13,16,18-19,26,31H,11-12,14-15,17H2,1H3,(H2,29,30);1H. The molecule has 0 radical (unpaired) electrons. The van der Waals surface area contributed by atoms with Gasteiger partial charge in [-0.1, -0.05) is 55.5 Å².